The molecule has 0 radical (unpaired) electrons. The maximum atomic E-state index is 12.8. The summed E-state index contributed by atoms with van der Waals surface area (Å²) in [5, 5.41) is 5.96. The molecule has 2 amide bonds. The van der Waals surface area contributed by atoms with Crippen LogP contribution in [0.5, 0.6) is 0 Å². The van der Waals surface area contributed by atoms with Crippen molar-refractivity contribution in [2.45, 2.75) is 27.3 Å². The van der Waals surface area contributed by atoms with Crippen LogP contribution in [0.2, 0.25) is 0 Å². The van der Waals surface area contributed by atoms with Crippen LogP contribution in [-0.2, 0) is 11.3 Å². The van der Waals surface area contributed by atoms with E-state index in [-0.39, 0.29) is 24.0 Å². The molecule has 0 fully saturated rings. The van der Waals surface area contributed by atoms with Crippen molar-refractivity contribution < 1.29 is 19.1 Å². The third kappa shape index (κ3) is 5.19. The fourth-order valence-electron chi connectivity index (χ4n) is 3.12. The van der Waals surface area contributed by atoms with E-state index in [2.05, 4.69) is 10.6 Å². The highest BCUT2D eigenvalue weighted by molar-refractivity contribution is 7.18. The van der Waals surface area contributed by atoms with Crippen LogP contribution >= 0.6 is 11.3 Å². The van der Waals surface area contributed by atoms with Crippen molar-refractivity contribution in [1.82, 2.24) is 5.32 Å². The van der Waals surface area contributed by atoms with E-state index >= 15 is 0 Å². The predicted octanol–water partition coefficient (Wildman–Crippen LogP) is 4.72. The molecule has 1 heterocycles. The Morgan fingerprint density at radius 1 is 0.935 bits per heavy atom. The molecule has 2 N–H and O–H groups in total. The lowest BCUT2D eigenvalue weighted by atomic mass is 10.1. The van der Waals surface area contributed by atoms with Crippen molar-refractivity contribution in [3.8, 4) is 0 Å². The molecule has 7 heteroatoms. The van der Waals surface area contributed by atoms with Crippen LogP contribution < -0.4 is 10.6 Å². The van der Waals surface area contributed by atoms with Crippen molar-refractivity contribution in [2.75, 3.05) is 11.9 Å². The highest BCUT2D eigenvalue weighted by atomic mass is 32.1. The standard InChI is InChI=1S/C24H24N2O4S/c1-4-30-24(29)19-16(3)20(22(28)25-14-17-11-6-5-7-12-17)31-23(19)26-21(27)18-13-9-8-10-15(18)2/h5-13H,4,14H2,1-3H3,(H,25,28)(H,26,27). The number of carbonyl (C=O) groups is 3. The summed E-state index contributed by atoms with van der Waals surface area (Å²) in [6, 6.07) is 16.7. The number of hydrogen-bond donors (Lipinski definition) is 2. The third-order valence-corrected chi connectivity index (χ3v) is 5.95. The normalized spacial score (nSPS) is 10.4. The van der Waals surface area contributed by atoms with Gasteiger partial charge in [-0.15, -0.1) is 11.3 Å². The second-order valence-electron chi connectivity index (χ2n) is 6.92. The van der Waals surface area contributed by atoms with Gasteiger partial charge in [0.15, 0.2) is 0 Å². The van der Waals surface area contributed by atoms with Gasteiger partial charge in [0.05, 0.1) is 17.0 Å². The Morgan fingerprint density at radius 2 is 1.61 bits per heavy atom. The fourth-order valence-corrected chi connectivity index (χ4v) is 4.23. The number of hydrogen-bond acceptors (Lipinski definition) is 5. The van der Waals surface area contributed by atoms with Crippen LogP contribution in [0.15, 0.2) is 54.6 Å². The number of rotatable bonds is 7. The van der Waals surface area contributed by atoms with E-state index < -0.39 is 5.97 Å². The number of ether oxygens (including phenoxy) is 1. The maximum absolute atomic E-state index is 12.8. The lowest BCUT2D eigenvalue weighted by molar-refractivity contribution is 0.0527. The van der Waals surface area contributed by atoms with Gasteiger partial charge in [-0.3, -0.25) is 9.59 Å². The highest BCUT2D eigenvalue weighted by Crippen LogP contribution is 2.34. The molecule has 0 atom stereocenters. The molecule has 2 aromatic carbocycles. The van der Waals surface area contributed by atoms with Gasteiger partial charge in [-0.2, -0.15) is 0 Å². The molecule has 0 spiro atoms. The molecule has 3 aromatic rings. The number of nitrogens with one attached hydrogen (secondary N) is 2. The van der Waals surface area contributed by atoms with Gasteiger partial charge in [0.2, 0.25) is 0 Å². The fraction of sp³-hybridized carbons (Fsp3) is 0.208. The zero-order valence-electron chi connectivity index (χ0n) is 17.7. The Balaban J connectivity index is 1.89. The molecule has 0 bridgehead atoms. The minimum atomic E-state index is -0.571. The maximum Gasteiger partial charge on any atom is 0.341 e. The van der Waals surface area contributed by atoms with E-state index in [9.17, 15) is 14.4 Å². The summed E-state index contributed by atoms with van der Waals surface area (Å²) in [6.45, 7) is 5.77. The molecular weight excluding hydrogens is 412 g/mol. The monoisotopic (exact) mass is 436 g/mol. The summed E-state index contributed by atoms with van der Waals surface area (Å²) in [5.41, 5.74) is 2.96. The summed E-state index contributed by atoms with van der Waals surface area (Å²) < 4.78 is 5.17. The first-order valence-corrected chi connectivity index (χ1v) is 10.7. The second kappa shape index (κ2) is 10.0. The van der Waals surface area contributed by atoms with Gasteiger partial charge in [0, 0.05) is 12.1 Å². The molecule has 0 aliphatic rings. The van der Waals surface area contributed by atoms with E-state index in [4.69, 9.17) is 4.74 Å². The summed E-state index contributed by atoms with van der Waals surface area (Å²) >= 11 is 1.07. The number of carbonyl (C=O) groups excluding carboxylic acids is 3. The van der Waals surface area contributed by atoms with Crippen LogP contribution in [0.1, 0.15) is 54.0 Å². The highest BCUT2D eigenvalue weighted by Gasteiger charge is 2.27. The number of amides is 2. The van der Waals surface area contributed by atoms with E-state index in [1.54, 1.807) is 26.0 Å². The number of benzene rings is 2. The SMILES string of the molecule is CCOC(=O)c1c(NC(=O)c2ccccc2C)sc(C(=O)NCc2ccccc2)c1C. The van der Waals surface area contributed by atoms with Crippen LogP contribution in [-0.4, -0.2) is 24.4 Å². The van der Waals surface area contributed by atoms with Crippen LogP contribution in [0.4, 0.5) is 5.00 Å². The molecule has 0 aliphatic heterocycles. The number of esters is 1. The first kappa shape index (κ1) is 22.2. The molecule has 160 valence electrons. The third-order valence-electron chi connectivity index (χ3n) is 4.75. The molecule has 0 unspecified atom stereocenters. The number of anilines is 1. The summed E-state index contributed by atoms with van der Waals surface area (Å²) in [4.78, 5) is 38.6. The number of aryl methyl sites for hydroxylation is 1. The largest absolute Gasteiger partial charge is 0.462 e. The Kier molecular flexibility index (Phi) is 7.20. The van der Waals surface area contributed by atoms with Gasteiger partial charge >= 0.3 is 5.97 Å². The molecule has 1 aromatic heterocycles. The van der Waals surface area contributed by atoms with Gasteiger partial charge in [-0.25, -0.2) is 4.79 Å². The molecule has 0 saturated heterocycles. The van der Waals surface area contributed by atoms with Gasteiger partial charge in [0.25, 0.3) is 11.8 Å². The van der Waals surface area contributed by atoms with Gasteiger partial charge in [-0.05, 0) is 43.5 Å². The van der Waals surface area contributed by atoms with E-state index in [0.717, 1.165) is 22.5 Å². The Morgan fingerprint density at radius 3 is 2.29 bits per heavy atom. The Labute approximate surface area is 185 Å². The lowest BCUT2D eigenvalue weighted by Gasteiger charge is -2.08. The molecule has 0 aliphatic carbocycles. The van der Waals surface area contributed by atoms with Crippen molar-refractivity contribution in [3.05, 3.63) is 87.3 Å². The first-order chi connectivity index (χ1) is 14.9. The van der Waals surface area contributed by atoms with E-state index in [1.807, 2.05) is 49.4 Å². The number of thiophene rings is 1. The van der Waals surface area contributed by atoms with E-state index in [0.29, 0.717) is 27.5 Å². The van der Waals surface area contributed by atoms with Crippen LogP contribution in [0, 0.1) is 13.8 Å². The average molecular weight is 437 g/mol. The van der Waals surface area contributed by atoms with E-state index in [1.165, 1.54) is 0 Å². The average Bonchev–Trinajstić information content (AvgIpc) is 3.09. The molecule has 0 saturated carbocycles. The van der Waals surface area contributed by atoms with Crippen molar-refractivity contribution in [2.24, 2.45) is 0 Å². The summed E-state index contributed by atoms with van der Waals surface area (Å²) in [6.07, 6.45) is 0. The van der Waals surface area contributed by atoms with Gasteiger partial charge in [0.1, 0.15) is 5.00 Å². The van der Waals surface area contributed by atoms with Gasteiger partial charge < -0.3 is 15.4 Å². The Hall–Kier alpha value is -3.45. The smallest absolute Gasteiger partial charge is 0.341 e. The zero-order chi connectivity index (χ0) is 22.4. The lowest BCUT2D eigenvalue weighted by Crippen LogP contribution is -2.22. The van der Waals surface area contributed by atoms with Crippen LogP contribution in [0.25, 0.3) is 0 Å². The zero-order valence-corrected chi connectivity index (χ0v) is 18.5. The topological polar surface area (TPSA) is 84.5 Å². The van der Waals surface area contributed by atoms with Crippen molar-refractivity contribution in [1.29, 1.82) is 0 Å². The summed E-state index contributed by atoms with van der Waals surface area (Å²) in [5.74, 6) is -1.23. The molecule has 31 heavy (non-hydrogen) atoms. The minimum absolute atomic E-state index is 0.189. The van der Waals surface area contributed by atoms with Crippen molar-refractivity contribution >= 4 is 34.1 Å². The summed E-state index contributed by atoms with van der Waals surface area (Å²) in [7, 11) is 0. The van der Waals surface area contributed by atoms with Gasteiger partial charge in [-0.1, -0.05) is 48.5 Å². The van der Waals surface area contributed by atoms with Crippen molar-refractivity contribution in [3.63, 3.8) is 0 Å². The molecule has 6 nitrogen and oxygen atoms in total. The molecule has 3 rings (SSSR count). The second-order valence-corrected chi connectivity index (χ2v) is 7.94. The van der Waals surface area contributed by atoms with Crippen LogP contribution in [0.3, 0.4) is 0 Å². The first-order valence-electron chi connectivity index (χ1n) is 9.92. The Bertz CT molecular complexity index is 1110. The quantitative estimate of drug-likeness (QED) is 0.525. The predicted molar refractivity (Wildman–Crippen MR) is 122 cm³/mol. The minimum Gasteiger partial charge on any atom is -0.462 e. The molecular formula is C24H24N2O4S.